The molecule has 1 atom stereocenters. The van der Waals surface area contributed by atoms with E-state index >= 15 is 0 Å². The number of likely N-dealkylation sites (tertiary alicyclic amines) is 1. The fraction of sp³-hybridized carbons (Fsp3) is 0.500. The second-order valence-corrected chi connectivity index (χ2v) is 5.25. The van der Waals surface area contributed by atoms with Crippen LogP contribution in [0.2, 0.25) is 0 Å². The number of hydrogen-bond donors (Lipinski definition) is 1. The average Bonchev–Trinajstić information content (AvgIpc) is 2.95. The van der Waals surface area contributed by atoms with Crippen molar-refractivity contribution in [3.8, 4) is 0 Å². The number of H-pyrrole nitrogens is 1. The van der Waals surface area contributed by atoms with Crippen molar-refractivity contribution >= 4 is 11.0 Å². The van der Waals surface area contributed by atoms with Gasteiger partial charge in [-0.15, -0.1) is 0 Å². The molecule has 1 aliphatic heterocycles. The number of halogens is 1. The molecule has 0 radical (unpaired) electrons. The number of fused-ring (bicyclic) bond motifs is 1. The van der Waals surface area contributed by atoms with Gasteiger partial charge in [-0.1, -0.05) is 6.92 Å². The van der Waals surface area contributed by atoms with E-state index in [0.29, 0.717) is 18.0 Å². The number of benzene rings is 1. The van der Waals surface area contributed by atoms with Crippen LogP contribution in [-0.4, -0.2) is 34.1 Å². The van der Waals surface area contributed by atoms with E-state index in [4.69, 9.17) is 0 Å². The van der Waals surface area contributed by atoms with Crippen molar-refractivity contribution in [2.75, 3.05) is 19.6 Å². The van der Waals surface area contributed by atoms with E-state index in [1.807, 2.05) is 0 Å². The maximum atomic E-state index is 13.1. The average molecular weight is 263 g/mol. The van der Waals surface area contributed by atoms with Gasteiger partial charge in [0.15, 0.2) is 0 Å². The first-order valence-electron chi connectivity index (χ1n) is 6.78. The van der Waals surface area contributed by atoms with Gasteiger partial charge in [0.25, 0.3) is 0 Å². The lowest BCUT2D eigenvalue weighted by Crippen LogP contribution is -2.25. The molecule has 3 rings (SSSR count). The summed E-state index contributed by atoms with van der Waals surface area (Å²) in [5, 5.41) is 0. The van der Waals surface area contributed by atoms with Gasteiger partial charge in [-0.3, -0.25) is 4.57 Å². The Labute approximate surface area is 110 Å². The Morgan fingerprint density at radius 1 is 1.47 bits per heavy atom. The molecule has 1 fully saturated rings. The first-order valence-corrected chi connectivity index (χ1v) is 6.78. The number of nitrogens with one attached hydrogen (secondary N) is 1. The monoisotopic (exact) mass is 263 g/mol. The zero-order valence-electron chi connectivity index (χ0n) is 11.0. The van der Waals surface area contributed by atoms with Crippen LogP contribution in [0.1, 0.15) is 13.3 Å². The molecule has 5 heteroatoms. The Morgan fingerprint density at radius 2 is 2.32 bits per heavy atom. The van der Waals surface area contributed by atoms with Crippen LogP contribution >= 0.6 is 0 Å². The Hall–Kier alpha value is -1.62. The van der Waals surface area contributed by atoms with E-state index in [1.54, 1.807) is 10.6 Å². The molecular weight excluding hydrogens is 245 g/mol. The molecule has 1 saturated heterocycles. The predicted octanol–water partition coefficient (Wildman–Crippen LogP) is 1.81. The third-order valence-electron chi connectivity index (χ3n) is 3.99. The molecule has 4 nitrogen and oxygen atoms in total. The minimum atomic E-state index is -0.320. The summed E-state index contributed by atoms with van der Waals surface area (Å²) < 4.78 is 14.9. The Balaban J connectivity index is 1.89. The molecule has 1 aliphatic rings. The van der Waals surface area contributed by atoms with Gasteiger partial charge < -0.3 is 9.88 Å². The minimum Gasteiger partial charge on any atom is -0.305 e. The predicted molar refractivity (Wildman–Crippen MR) is 72.7 cm³/mol. The lowest BCUT2D eigenvalue weighted by atomic mass is 10.1. The van der Waals surface area contributed by atoms with Gasteiger partial charge in [-0.2, -0.15) is 0 Å². The molecule has 2 aromatic rings. The first kappa shape index (κ1) is 12.4. The maximum absolute atomic E-state index is 13.1. The largest absolute Gasteiger partial charge is 0.326 e. The smallest absolute Gasteiger partial charge is 0.305 e. The van der Waals surface area contributed by atoms with Crippen molar-refractivity contribution < 1.29 is 4.39 Å². The lowest BCUT2D eigenvalue weighted by Gasteiger charge is -2.13. The van der Waals surface area contributed by atoms with Crippen molar-refractivity contribution in [3.63, 3.8) is 0 Å². The van der Waals surface area contributed by atoms with Gasteiger partial charge in [-0.25, -0.2) is 9.18 Å². The highest BCUT2D eigenvalue weighted by atomic mass is 19.1. The van der Waals surface area contributed by atoms with Gasteiger partial charge in [0.1, 0.15) is 5.82 Å². The number of nitrogens with zero attached hydrogens (tertiary/aromatic N) is 2. The summed E-state index contributed by atoms with van der Waals surface area (Å²) in [5.41, 5.74) is 1.23. The van der Waals surface area contributed by atoms with Gasteiger partial charge in [0.05, 0.1) is 11.0 Å². The highest BCUT2D eigenvalue weighted by Crippen LogP contribution is 2.19. The van der Waals surface area contributed by atoms with Crippen LogP contribution in [0.4, 0.5) is 4.39 Å². The van der Waals surface area contributed by atoms with Crippen molar-refractivity contribution in [1.29, 1.82) is 0 Å². The van der Waals surface area contributed by atoms with Crippen LogP contribution in [0.3, 0.4) is 0 Å². The molecular formula is C14H18FN3O. The molecule has 1 aromatic carbocycles. The van der Waals surface area contributed by atoms with E-state index in [1.165, 1.54) is 12.1 Å². The quantitative estimate of drug-likeness (QED) is 0.917. The van der Waals surface area contributed by atoms with Crippen molar-refractivity contribution in [2.24, 2.45) is 5.92 Å². The van der Waals surface area contributed by atoms with Crippen LogP contribution < -0.4 is 5.69 Å². The molecule has 1 aromatic heterocycles. The molecule has 0 bridgehead atoms. The van der Waals surface area contributed by atoms with Crippen LogP contribution in [-0.2, 0) is 6.54 Å². The zero-order chi connectivity index (χ0) is 13.4. The van der Waals surface area contributed by atoms with E-state index < -0.39 is 0 Å². The molecule has 0 saturated carbocycles. The second kappa shape index (κ2) is 4.81. The highest BCUT2D eigenvalue weighted by molar-refractivity contribution is 5.75. The molecule has 0 spiro atoms. The normalized spacial score (nSPS) is 20.4. The van der Waals surface area contributed by atoms with Crippen molar-refractivity contribution in [3.05, 3.63) is 34.5 Å². The van der Waals surface area contributed by atoms with Crippen LogP contribution in [0.5, 0.6) is 0 Å². The summed E-state index contributed by atoms with van der Waals surface area (Å²) in [6, 6.07) is 4.45. The fourth-order valence-electron chi connectivity index (χ4n) is 2.92. The summed E-state index contributed by atoms with van der Waals surface area (Å²) in [6.45, 7) is 6.07. The van der Waals surface area contributed by atoms with Crippen LogP contribution in [0.25, 0.3) is 11.0 Å². The number of imidazole rings is 1. The summed E-state index contributed by atoms with van der Waals surface area (Å²) in [7, 11) is 0. The van der Waals surface area contributed by atoms with E-state index in [0.717, 1.165) is 31.6 Å². The standard InChI is InChI=1S/C14H18FN3O/c1-2-17-6-5-10(8-17)9-18-13-4-3-11(15)7-12(13)16-14(18)19/h3-4,7,10H,2,5-6,8-9H2,1H3,(H,16,19). The van der Waals surface area contributed by atoms with E-state index in [2.05, 4.69) is 16.8 Å². The molecule has 0 amide bonds. The minimum absolute atomic E-state index is 0.143. The Kier molecular flexibility index (Phi) is 3.14. The number of aromatic amines is 1. The summed E-state index contributed by atoms with van der Waals surface area (Å²) >= 11 is 0. The Morgan fingerprint density at radius 3 is 3.05 bits per heavy atom. The lowest BCUT2D eigenvalue weighted by molar-refractivity contribution is 0.333. The Bertz CT molecular complexity index is 646. The van der Waals surface area contributed by atoms with E-state index in [-0.39, 0.29) is 11.5 Å². The highest BCUT2D eigenvalue weighted by Gasteiger charge is 2.22. The zero-order valence-corrected chi connectivity index (χ0v) is 11.0. The summed E-state index contributed by atoms with van der Waals surface area (Å²) in [5.74, 6) is 0.181. The van der Waals surface area contributed by atoms with E-state index in [9.17, 15) is 9.18 Å². The third-order valence-corrected chi connectivity index (χ3v) is 3.99. The molecule has 2 heterocycles. The SMILES string of the molecule is CCN1CCC(Cn2c(=O)[nH]c3cc(F)ccc32)C1. The molecule has 102 valence electrons. The van der Waals surface area contributed by atoms with Crippen molar-refractivity contribution in [2.45, 2.75) is 19.9 Å². The van der Waals surface area contributed by atoms with Crippen LogP contribution in [0.15, 0.2) is 23.0 Å². The van der Waals surface area contributed by atoms with Gasteiger partial charge in [0, 0.05) is 13.1 Å². The fourth-order valence-corrected chi connectivity index (χ4v) is 2.92. The molecule has 1 N–H and O–H groups in total. The molecule has 19 heavy (non-hydrogen) atoms. The van der Waals surface area contributed by atoms with Gasteiger partial charge in [-0.05, 0) is 43.6 Å². The van der Waals surface area contributed by atoms with Crippen LogP contribution in [0, 0.1) is 11.7 Å². The van der Waals surface area contributed by atoms with Gasteiger partial charge in [0.2, 0.25) is 0 Å². The van der Waals surface area contributed by atoms with Crippen molar-refractivity contribution in [1.82, 2.24) is 14.5 Å². The second-order valence-electron chi connectivity index (χ2n) is 5.25. The first-order chi connectivity index (χ1) is 9.17. The molecule has 0 aliphatic carbocycles. The summed E-state index contributed by atoms with van der Waals surface area (Å²) in [4.78, 5) is 17.1. The third kappa shape index (κ3) is 2.30. The maximum Gasteiger partial charge on any atom is 0.326 e. The number of rotatable bonds is 3. The van der Waals surface area contributed by atoms with Gasteiger partial charge >= 0.3 is 5.69 Å². The number of aromatic nitrogens is 2. The number of hydrogen-bond acceptors (Lipinski definition) is 2. The summed E-state index contributed by atoms with van der Waals surface area (Å²) in [6.07, 6.45) is 1.12. The topological polar surface area (TPSA) is 41.0 Å². The molecule has 1 unspecified atom stereocenters.